The van der Waals surface area contributed by atoms with Gasteiger partial charge in [0.1, 0.15) is 0 Å². The summed E-state index contributed by atoms with van der Waals surface area (Å²) in [6.07, 6.45) is 4.92. The standard InChI is InChI=1S/C15H20F2N2S2/c1-10-4-2-3-5-13(10)19-15(20)18-11-6-8-12(9-7-11)21-14(16)17/h6-10,13-14H,2-5H2,1H3,(H2,18,19,20)/t10-,13-/m1/s1. The van der Waals surface area contributed by atoms with E-state index in [9.17, 15) is 8.78 Å². The van der Waals surface area contributed by atoms with Crippen molar-refractivity contribution in [2.24, 2.45) is 5.92 Å². The third-order valence-corrected chi connectivity index (χ3v) is 4.71. The molecule has 1 aliphatic carbocycles. The lowest BCUT2D eigenvalue weighted by Crippen LogP contribution is -2.43. The molecule has 2 N–H and O–H groups in total. The first-order valence-electron chi connectivity index (χ1n) is 7.17. The third kappa shape index (κ3) is 5.43. The number of nitrogens with one attached hydrogen (secondary N) is 2. The Morgan fingerprint density at radius 1 is 1.24 bits per heavy atom. The van der Waals surface area contributed by atoms with Crippen molar-refractivity contribution in [2.75, 3.05) is 5.32 Å². The van der Waals surface area contributed by atoms with E-state index in [1.54, 1.807) is 24.3 Å². The minimum absolute atomic E-state index is 0.424. The molecule has 6 heteroatoms. The molecule has 1 aromatic rings. The Bertz CT molecular complexity index is 465. The van der Waals surface area contributed by atoms with Crippen molar-refractivity contribution >= 4 is 34.8 Å². The molecule has 0 aliphatic heterocycles. The minimum atomic E-state index is -2.39. The molecule has 0 bridgehead atoms. The molecule has 2 rings (SSSR count). The van der Waals surface area contributed by atoms with Gasteiger partial charge in [-0.15, -0.1) is 0 Å². The van der Waals surface area contributed by atoms with Gasteiger partial charge in [-0.2, -0.15) is 8.78 Å². The van der Waals surface area contributed by atoms with Crippen LogP contribution in [0.2, 0.25) is 0 Å². The molecule has 0 heterocycles. The quantitative estimate of drug-likeness (QED) is 0.608. The number of alkyl halides is 2. The Morgan fingerprint density at radius 3 is 2.52 bits per heavy atom. The van der Waals surface area contributed by atoms with Crippen LogP contribution < -0.4 is 10.6 Å². The topological polar surface area (TPSA) is 24.1 Å². The van der Waals surface area contributed by atoms with Crippen LogP contribution in [0.1, 0.15) is 32.6 Å². The fourth-order valence-corrected chi connectivity index (χ4v) is 3.35. The van der Waals surface area contributed by atoms with Crippen LogP contribution in [-0.4, -0.2) is 16.9 Å². The molecule has 21 heavy (non-hydrogen) atoms. The van der Waals surface area contributed by atoms with E-state index in [0.717, 1.165) is 12.1 Å². The number of hydrogen-bond acceptors (Lipinski definition) is 2. The zero-order chi connectivity index (χ0) is 15.2. The van der Waals surface area contributed by atoms with Crippen LogP contribution in [0.25, 0.3) is 0 Å². The van der Waals surface area contributed by atoms with Crippen molar-refractivity contribution in [3.63, 3.8) is 0 Å². The summed E-state index contributed by atoms with van der Waals surface area (Å²) < 4.78 is 24.5. The first-order chi connectivity index (χ1) is 10.0. The number of thiocarbonyl (C=S) groups is 1. The highest BCUT2D eigenvalue weighted by atomic mass is 32.2. The summed E-state index contributed by atoms with van der Waals surface area (Å²) in [5.41, 5.74) is 0.814. The number of rotatable bonds is 4. The van der Waals surface area contributed by atoms with E-state index in [-0.39, 0.29) is 0 Å². The summed E-state index contributed by atoms with van der Waals surface area (Å²) in [5, 5.41) is 7.07. The summed E-state index contributed by atoms with van der Waals surface area (Å²) in [4.78, 5) is 0.551. The predicted molar refractivity (Wildman–Crippen MR) is 89.1 cm³/mol. The number of halogens is 2. The number of thioether (sulfide) groups is 1. The molecule has 0 saturated heterocycles. The van der Waals surface area contributed by atoms with Gasteiger partial charge < -0.3 is 10.6 Å². The van der Waals surface area contributed by atoms with Crippen LogP contribution in [0.4, 0.5) is 14.5 Å². The van der Waals surface area contributed by atoms with Crippen molar-refractivity contribution in [1.29, 1.82) is 0 Å². The molecule has 1 fully saturated rings. The Labute approximate surface area is 134 Å². The first kappa shape index (κ1) is 16.5. The highest BCUT2D eigenvalue weighted by molar-refractivity contribution is 7.99. The van der Waals surface area contributed by atoms with E-state index in [1.165, 1.54) is 19.3 Å². The van der Waals surface area contributed by atoms with Gasteiger partial charge in [0.25, 0.3) is 5.76 Å². The van der Waals surface area contributed by atoms with E-state index in [4.69, 9.17) is 12.2 Å². The highest BCUT2D eigenvalue weighted by Crippen LogP contribution is 2.26. The number of hydrogen-bond donors (Lipinski definition) is 2. The van der Waals surface area contributed by atoms with E-state index in [2.05, 4.69) is 17.6 Å². The average Bonchev–Trinajstić information content (AvgIpc) is 2.43. The molecule has 0 aromatic heterocycles. The maximum absolute atomic E-state index is 12.2. The molecule has 2 atom stereocenters. The van der Waals surface area contributed by atoms with E-state index in [1.807, 2.05) is 0 Å². The van der Waals surface area contributed by atoms with E-state index < -0.39 is 5.76 Å². The minimum Gasteiger partial charge on any atom is -0.359 e. The summed E-state index contributed by atoms with van der Waals surface area (Å²) in [6.45, 7) is 2.25. The summed E-state index contributed by atoms with van der Waals surface area (Å²) in [7, 11) is 0. The molecule has 0 unspecified atom stereocenters. The summed E-state index contributed by atoms with van der Waals surface area (Å²) >= 11 is 5.87. The van der Waals surface area contributed by atoms with Gasteiger partial charge in [-0.05, 0) is 55.2 Å². The van der Waals surface area contributed by atoms with Gasteiger partial charge in [-0.25, -0.2) is 0 Å². The molecule has 0 amide bonds. The van der Waals surface area contributed by atoms with Gasteiger partial charge in [0, 0.05) is 16.6 Å². The van der Waals surface area contributed by atoms with Gasteiger partial charge in [0.05, 0.1) is 0 Å². The van der Waals surface area contributed by atoms with Gasteiger partial charge in [-0.1, -0.05) is 31.5 Å². The van der Waals surface area contributed by atoms with Crippen molar-refractivity contribution in [2.45, 2.75) is 49.3 Å². The maximum atomic E-state index is 12.2. The monoisotopic (exact) mass is 330 g/mol. The predicted octanol–water partition coefficient (Wildman–Crippen LogP) is 4.87. The van der Waals surface area contributed by atoms with Gasteiger partial charge in [0.2, 0.25) is 0 Å². The summed E-state index contributed by atoms with van der Waals surface area (Å²) in [5.74, 6) is -1.76. The molecular formula is C15H20F2N2S2. The molecule has 1 saturated carbocycles. The van der Waals surface area contributed by atoms with E-state index in [0.29, 0.717) is 33.7 Å². The molecular weight excluding hydrogens is 310 g/mol. The van der Waals surface area contributed by atoms with Gasteiger partial charge in [0.15, 0.2) is 5.11 Å². The molecule has 2 nitrogen and oxygen atoms in total. The Morgan fingerprint density at radius 2 is 1.90 bits per heavy atom. The van der Waals surface area contributed by atoms with Gasteiger partial charge >= 0.3 is 0 Å². The molecule has 0 radical (unpaired) electrons. The number of anilines is 1. The second-order valence-corrected chi connectivity index (χ2v) is 6.84. The van der Waals surface area contributed by atoms with Crippen LogP contribution >= 0.6 is 24.0 Å². The maximum Gasteiger partial charge on any atom is 0.288 e. The van der Waals surface area contributed by atoms with Crippen LogP contribution in [0.15, 0.2) is 29.2 Å². The lowest BCUT2D eigenvalue weighted by atomic mass is 9.86. The van der Waals surface area contributed by atoms with E-state index >= 15 is 0 Å². The fourth-order valence-electron chi connectivity index (χ4n) is 2.59. The van der Waals surface area contributed by atoms with Crippen LogP contribution in [0, 0.1) is 5.92 Å². The Balaban J connectivity index is 1.84. The van der Waals surface area contributed by atoms with Crippen molar-refractivity contribution < 1.29 is 8.78 Å². The third-order valence-electron chi connectivity index (χ3n) is 3.77. The molecule has 1 aliphatic rings. The largest absolute Gasteiger partial charge is 0.359 e. The fraction of sp³-hybridized carbons (Fsp3) is 0.533. The average molecular weight is 330 g/mol. The molecule has 0 spiro atoms. The van der Waals surface area contributed by atoms with Crippen LogP contribution in [-0.2, 0) is 0 Å². The normalized spacial score (nSPS) is 22.1. The lowest BCUT2D eigenvalue weighted by molar-refractivity contribution is 0.252. The Hall–Kier alpha value is -0.880. The number of benzene rings is 1. The SMILES string of the molecule is C[C@@H]1CCCC[C@H]1NC(=S)Nc1ccc(SC(F)F)cc1. The summed E-state index contributed by atoms with van der Waals surface area (Å²) in [6, 6.07) is 7.30. The second-order valence-electron chi connectivity index (χ2n) is 5.37. The zero-order valence-corrected chi connectivity index (χ0v) is 13.6. The first-order valence-corrected chi connectivity index (χ1v) is 8.46. The van der Waals surface area contributed by atoms with Crippen molar-refractivity contribution in [1.82, 2.24) is 5.32 Å². The van der Waals surface area contributed by atoms with Gasteiger partial charge in [-0.3, -0.25) is 0 Å². The zero-order valence-electron chi connectivity index (χ0n) is 11.9. The van der Waals surface area contributed by atoms with Crippen LogP contribution in [0.5, 0.6) is 0 Å². The van der Waals surface area contributed by atoms with Crippen molar-refractivity contribution in [3.8, 4) is 0 Å². The smallest absolute Gasteiger partial charge is 0.288 e. The second kappa shape index (κ2) is 7.94. The highest BCUT2D eigenvalue weighted by Gasteiger charge is 2.21. The molecule has 116 valence electrons. The lowest BCUT2D eigenvalue weighted by Gasteiger charge is -2.30. The molecule has 1 aromatic carbocycles. The Kier molecular flexibility index (Phi) is 6.23. The van der Waals surface area contributed by atoms with Crippen molar-refractivity contribution in [3.05, 3.63) is 24.3 Å². The van der Waals surface area contributed by atoms with Crippen LogP contribution in [0.3, 0.4) is 0 Å².